The summed E-state index contributed by atoms with van der Waals surface area (Å²) in [5.41, 5.74) is 3.97. The summed E-state index contributed by atoms with van der Waals surface area (Å²) in [5.74, 6) is 1.66. The first-order valence-corrected chi connectivity index (χ1v) is 10.3. The van der Waals surface area contributed by atoms with Crippen LogP contribution in [0, 0.1) is 20.8 Å². The van der Waals surface area contributed by atoms with Gasteiger partial charge in [0.25, 0.3) is 0 Å². The van der Waals surface area contributed by atoms with Crippen LogP contribution in [0.4, 0.5) is 17.1 Å². The molecule has 5 nitrogen and oxygen atoms in total. The lowest BCUT2D eigenvalue weighted by atomic mass is 10.1. The molecule has 0 aliphatic rings. The van der Waals surface area contributed by atoms with E-state index in [4.69, 9.17) is 4.74 Å². The standard InChI is InChI=1S/C27H25NO4/c1-17-7-4-11-23(26(17)30)28(24-12-5-8-18(2)27(24)31)20-9-6-10-21(16-20)32-22-13-14-25(29)19(3)15-22/h4-16,29-31H,1-3H3. The molecule has 32 heavy (non-hydrogen) atoms. The Morgan fingerprint density at radius 2 is 1.16 bits per heavy atom. The third-order valence-electron chi connectivity index (χ3n) is 5.39. The molecule has 0 spiro atoms. The molecule has 4 aromatic carbocycles. The first-order valence-electron chi connectivity index (χ1n) is 10.3. The molecule has 0 heterocycles. The molecule has 0 bridgehead atoms. The molecule has 0 atom stereocenters. The third kappa shape index (κ3) is 4.05. The zero-order valence-corrected chi connectivity index (χ0v) is 18.2. The smallest absolute Gasteiger partial charge is 0.142 e. The van der Waals surface area contributed by atoms with Crippen LogP contribution in [0.25, 0.3) is 0 Å². The van der Waals surface area contributed by atoms with Crippen molar-refractivity contribution < 1.29 is 20.1 Å². The minimum Gasteiger partial charge on any atom is -0.508 e. The normalized spacial score (nSPS) is 10.7. The minimum atomic E-state index is 0.133. The molecule has 4 rings (SSSR count). The Kier molecular flexibility index (Phi) is 5.65. The van der Waals surface area contributed by atoms with Gasteiger partial charge in [-0.2, -0.15) is 0 Å². The Bertz CT molecular complexity index is 1230. The number of phenolic OH excluding ortho intramolecular Hbond substituents is 3. The summed E-state index contributed by atoms with van der Waals surface area (Å²) in [6.07, 6.45) is 0. The molecule has 3 N–H and O–H groups in total. The molecular formula is C27H25NO4. The molecule has 162 valence electrons. The summed E-state index contributed by atoms with van der Waals surface area (Å²) in [5, 5.41) is 31.4. The molecule has 0 unspecified atom stereocenters. The lowest BCUT2D eigenvalue weighted by molar-refractivity contribution is 0.460. The Labute approximate surface area is 187 Å². The summed E-state index contributed by atoms with van der Waals surface area (Å²) in [6, 6.07) is 23.5. The number of anilines is 3. The Balaban J connectivity index is 1.83. The van der Waals surface area contributed by atoms with Crippen LogP contribution in [0.3, 0.4) is 0 Å². The van der Waals surface area contributed by atoms with Crippen LogP contribution in [0.15, 0.2) is 78.9 Å². The Morgan fingerprint density at radius 3 is 1.75 bits per heavy atom. The second kappa shape index (κ2) is 8.55. The lowest BCUT2D eigenvalue weighted by Gasteiger charge is -2.28. The maximum absolute atomic E-state index is 10.8. The van der Waals surface area contributed by atoms with Crippen molar-refractivity contribution in [3.05, 3.63) is 95.6 Å². The highest BCUT2D eigenvalue weighted by Gasteiger charge is 2.21. The van der Waals surface area contributed by atoms with Crippen LogP contribution in [-0.2, 0) is 0 Å². The van der Waals surface area contributed by atoms with Crippen molar-refractivity contribution in [2.45, 2.75) is 20.8 Å². The highest BCUT2D eigenvalue weighted by molar-refractivity contribution is 5.84. The van der Waals surface area contributed by atoms with Gasteiger partial charge in [-0.15, -0.1) is 0 Å². The fourth-order valence-electron chi connectivity index (χ4n) is 3.57. The quantitative estimate of drug-likeness (QED) is 0.320. The van der Waals surface area contributed by atoms with Crippen molar-refractivity contribution >= 4 is 17.1 Å². The molecule has 4 aromatic rings. The number of benzene rings is 4. The molecule has 0 amide bonds. The van der Waals surface area contributed by atoms with E-state index in [1.54, 1.807) is 42.2 Å². The van der Waals surface area contributed by atoms with Crippen molar-refractivity contribution in [2.24, 2.45) is 0 Å². The number of ether oxygens (including phenoxy) is 1. The first kappa shape index (κ1) is 21.1. The monoisotopic (exact) mass is 427 g/mol. The van der Waals surface area contributed by atoms with Crippen LogP contribution in [0.1, 0.15) is 16.7 Å². The molecule has 0 radical (unpaired) electrons. The SMILES string of the molecule is Cc1cc(Oc2cccc(N(c3cccc(C)c3O)c3cccc(C)c3O)c2)ccc1O. The number of hydrogen-bond donors (Lipinski definition) is 3. The number of nitrogens with zero attached hydrogens (tertiary/aromatic N) is 1. The van der Waals surface area contributed by atoms with E-state index in [2.05, 4.69) is 0 Å². The second-order valence-corrected chi connectivity index (χ2v) is 7.77. The van der Waals surface area contributed by atoms with Crippen LogP contribution >= 0.6 is 0 Å². The predicted molar refractivity (Wildman–Crippen MR) is 127 cm³/mol. The summed E-state index contributed by atoms with van der Waals surface area (Å²) < 4.78 is 6.02. The number of aromatic hydroxyl groups is 3. The van der Waals surface area contributed by atoms with E-state index in [-0.39, 0.29) is 17.2 Å². The number of phenols is 3. The number of rotatable bonds is 5. The van der Waals surface area contributed by atoms with Crippen molar-refractivity contribution in [3.63, 3.8) is 0 Å². The summed E-state index contributed by atoms with van der Waals surface area (Å²) in [4.78, 5) is 1.81. The summed E-state index contributed by atoms with van der Waals surface area (Å²) in [6.45, 7) is 5.47. The van der Waals surface area contributed by atoms with E-state index in [1.807, 2.05) is 62.4 Å². The van der Waals surface area contributed by atoms with Crippen LogP contribution in [0.2, 0.25) is 0 Å². The molecule has 0 aromatic heterocycles. The first-order chi connectivity index (χ1) is 15.3. The van der Waals surface area contributed by atoms with Gasteiger partial charge in [-0.25, -0.2) is 0 Å². The maximum Gasteiger partial charge on any atom is 0.142 e. The Hall–Kier alpha value is -4.12. The minimum absolute atomic E-state index is 0.133. The molecule has 5 heteroatoms. The maximum atomic E-state index is 10.8. The fraction of sp³-hybridized carbons (Fsp3) is 0.111. The third-order valence-corrected chi connectivity index (χ3v) is 5.39. The van der Waals surface area contributed by atoms with Crippen LogP contribution < -0.4 is 9.64 Å². The predicted octanol–water partition coefficient (Wildman–Crippen LogP) is 6.99. The van der Waals surface area contributed by atoms with Gasteiger partial charge < -0.3 is 25.0 Å². The van der Waals surface area contributed by atoms with Gasteiger partial charge in [-0.3, -0.25) is 0 Å². The van der Waals surface area contributed by atoms with Crippen molar-refractivity contribution in [2.75, 3.05) is 4.90 Å². The van der Waals surface area contributed by atoms with E-state index >= 15 is 0 Å². The van der Waals surface area contributed by atoms with Gasteiger partial charge in [0, 0.05) is 6.07 Å². The zero-order chi connectivity index (χ0) is 22.8. The van der Waals surface area contributed by atoms with Crippen LogP contribution in [0.5, 0.6) is 28.7 Å². The topological polar surface area (TPSA) is 73.2 Å². The fourth-order valence-corrected chi connectivity index (χ4v) is 3.57. The lowest BCUT2D eigenvalue weighted by Crippen LogP contribution is -2.11. The number of aryl methyl sites for hydroxylation is 3. The molecule has 0 aliphatic carbocycles. The molecule has 0 saturated heterocycles. The molecular weight excluding hydrogens is 402 g/mol. The van der Waals surface area contributed by atoms with E-state index < -0.39 is 0 Å². The zero-order valence-electron chi connectivity index (χ0n) is 18.2. The number of para-hydroxylation sites is 2. The molecule has 0 aliphatic heterocycles. The van der Waals surface area contributed by atoms with Gasteiger partial charge in [0.2, 0.25) is 0 Å². The van der Waals surface area contributed by atoms with E-state index in [9.17, 15) is 15.3 Å². The van der Waals surface area contributed by atoms with Gasteiger partial charge >= 0.3 is 0 Å². The van der Waals surface area contributed by atoms with Gasteiger partial charge in [-0.05, 0) is 79.9 Å². The van der Waals surface area contributed by atoms with Gasteiger partial charge in [0.15, 0.2) is 0 Å². The van der Waals surface area contributed by atoms with Crippen molar-refractivity contribution in [1.29, 1.82) is 0 Å². The Morgan fingerprint density at radius 1 is 0.594 bits per heavy atom. The van der Waals surface area contributed by atoms with Gasteiger partial charge in [0.1, 0.15) is 28.7 Å². The van der Waals surface area contributed by atoms with E-state index in [0.717, 1.165) is 16.7 Å². The summed E-state index contributed by atoms with van der Waals surface area (Å²) in [7, 11) is 0. The van der Waals surface area contributed by atoms with E-state index in [0.29, 0.717) is 28.6 Å². The van der Waals surface area contributed by atoms with Gasteiger partial charge in [0.05, 0.1) is 17.1 Å². The van der Waals surface area contributed by atoms with E-state index in [1.165, 1.54) is 0 Å². The second-order valence-electron chi connectivity index (χ2n) is 7.77. The largest absolute Gasteiger partial charge is 0.508 e. The highest BCUT2D eigenvalue weighted by Crippen LogP contribution is 2.45. The number of hydrogen-bond acceptors (Lipinski definition) is 5. The summed E-state index contributed by atoms with van der Waals surface area (Å²) >= 11 is 0. The van der Waals surface area contributed by atoms with Gasteiger partial charge in [-0.1, -0.05) is 30.3 Å². The highest BCUT2D eigenvalue weighted by atomic mass is 16.5. The molecule has 0 saturated carbocycles. The average molecular weight is 428 g/mol. The molecule has 0 fully saturated rings. The van der Waals surface area contributed by atoms with Crippen molar-refractivity contribution in [3.8, 4) is 28.7 Å². The average Bonchev–Trinajstić information content (AvgIpc) is 2.77. The van der Waals surface area contributed by atoms with Crippen molar-refractivity contribution in [1.82, 2.24) is 0 Å². The van der Waals surface area contributed by atoms with Crippen LogP contribution in [-0.4, -0.2) is 15.3 Å².